The molecule has 0 bridgehead atoms. The van der Waals surface area contributed by atoms with Crippen LogP contribution in [0.15, 0.2) is 66.6 Å². The van der Waals surface area contributed by atoms with E-state index in [0.29, 0.717) is 12.1 Å². The first-order valence-electron chi connectivity index (χ1n) is 7.53. The molecule has 0 spiro atoms. The minimum Gasteiger partial charge on any atom is -0.361 e. The molecule has 0 saturated carbocycles. The van der Waals surface area contributed by atoms with Crippen LogP contribution in [-0.4, -0.2) is 17.4 Å². The number of benzene rings is 2. The Balaban J connectivity index is 1.86. The van der Waals surface area contributed by atoms with E-state index >= 15 is 0 Å². The van der Waals surface area contributed by atoms with Gasteiger partial charge in [0.25, 0.3) is 5.91 Å². The van der Waals surface area contributed by atoms with Crippen molar-refractivity contribution in [2.24, 2.45) is 0 Å². The zero-order valence-corrected chi connectivity index (χ0v) is 13.3. The molecule has 2 heterocycles. The number of para-hydroxylation sites is 1. The highest BCUT2D eigenvalue weighted by molar-refractivity contribution is 7.17. The van der Waals surface area contributed by atoms with Gasteiger partial charge in [-0.15, -0.1) is 17.9 Å². The Kier molecular flexibility index (Phi) is 3.39. The highest BCUT2D eigenvalue weighted by Crippen LogP contribution is 2.38. The Bertz CT molecular complexity index is 899. The zero-order valence-electron chi connectivity index (χ0n) is 12.5. The van der Waals surface area contributed by atoms with Crippen LogP contribution in [0, 0.1) is 0 Å². The van der Waals surface area contributed by atoms with Gasteiger partial charge in [-0.1, -0.05) is 36.4 Å². The van der Waals surface area contributed by atoms with Gasteiger partial charge in [0.15, 0.2) is 0 Å². The van der Waals surface area contributed by atoms with Crippen molar-refractivity contribution in [2.45, 2.75) is 6.17 Å². The highest BCUT2D eigenvalue weighted by Gasteiger charge is 2.33. The van der Waals surface area contributed by atoms with Gasteiger partial charge in [-0.2, -0.15) is 0 Å². The van der Waals surface area contributed by atoms with Crippen LogP contribution in [0.5, 0.6) is 0 Å². The summed E-state index contributed by atoms with van der Waals surface area (Å²) < 4.78 is 1.23. The van der Waals surface area contributed by atoms with Crippen LogP contribution in [0.1, 0.15) is 22.1 Å². The number of anilines is 1. The Hall–Kier alpha value is -2.59. The van der Waals surface area contributed by atoms with E-state index in [2.05, 4.69) is 29.4 Å². The third kappa shape index (κ3) is 2.23. The van der Waals surface area contributed by atoms with Gasteiger partial charge < -0.3 is 10.2 Å². The van der Waals surface area contributed by atoms with Crippen LogP contribution < -0.4 is 5.32 Å². The third-order valence-electron chi connectivity index (χ3n) is 4.15. The molecule has 3 nitrogen and oxygen atoms in total. The fourth-order valence-electron chi connectivity index (χ4n) is 3.08. The standard InChI is InChI=1S/C19H16N2OS/c1-2-11-21-18(15-12-23-17-10-6-4-7-13(15)17)20-16-9-5-3-8-14(16)19(21)22/h2-10,12,18,20H,1,11H2/t18-/m1/s1. The molecule has 4 rings (SSSR count). The number of thiophene rings is 1. The van der Waals surface area contributed by atoms with Gasteiger partial charge in [0.1, 0.15) is 6.17 Å². The molecule has 23 heavy (non-hydrogen) atoms. The SMILES string of the molecule is C=CCN1C(=O)c2ccccc2N[C@H]1c1csc2ccccc12. The number of amides is 1. The van der Waals surface area contributed by atoms with Gasteiger partial charge in [-0.05, 0) is 29.0 Å². The van der Waals surface area contributed by atoms with Crippen molar-refractivity contribution in [2.75, 3.05) is 11.9 Å². The van der Waals surface area contributed by atoms with E-state index in [9.17, 15) is 4.79 Å². The van der Waals surface area contributed by atoms with Crippen molar-refractivity contribution in [3.8, 4) is 0 Å². The molecule has 0 unspecified atom stereocenters. The summed E-state index contributed by atoms with van der Waals surface area (Å²) in [6.45, 7) is 4.31. The largest absolute Gasteiger partial charge is 0.361 e. The van der Waals surface area contributed by atoms with E-state index in [1.54, 1.807) is 17.4 Å². The molecule has 1 N–H and O–H groups in total. The lowest BCUT2D eigenvalue weighted by atomic mass is 10.0. The first-order chi connectivity index (χ1) is 11.3. The quantitative estimate of drug-likeness (QED) is 0.712. The maximum absolute atomic E-state index is 12.9. The van der Waals surface area contributed by atoms with Gasteiger partial charge in [0.2, 0.25) is 0 Å². The minimum atomic E-state index is -0.174. The van der Waals surface area contributed by atoms with Crippen LogP contribution in [0.25, 0.3) is 10.1 Å². The molecule has 2 aromatic carbocycles. The lowest BCUT2D eigenvalue weighted by molar-refractivity contribution is 0.0709. The summed E-state index contributed by atoms with van der Waals surface area (Å²) in [7, 11) is 0. The highest BCUT2D eigenvalue weighted by atomic mass is 32.1. The summed E-state index contributed by atoms with van der Waals surface area (Å²) >= 11 is 1.71. The van der Waals surface area contributed by atoms with Crippen molar-refractivity contribution >= 4 is 33.0 Å². The number of fused-ring (bicyclic) bond motifs is 2. The second-order valence-corrected chi connectivity index (χ2v) is 6.44. The molecule has 1 aromatic heterocycles. The van der Waals surface area contributed by atoms with Crippen molar-refractivity contribution < 1.29 is 4.79 Å². The van der Waals surface area contributed by atoms with Crippen LogP contribution in [0.3, 0.4) is 0 Å². The van der Waals surface area contributed by atoms with E-state index in [0.717, 1.165) is 11.3 Å². The number of carbonyl (C=O) groups excluding carboxylic acids is 1. The van der Waals surface area contributed by atoms with E-state index in [1.807, 2.05) is 41.3 Å². The van der Waals surface area contributed by atoms with E-state index < -0.39 is 0 Å². The first-order valence-corrected chi connectivity index (χ1v) is 8.41. The topological polar surface area (TPSA) is 32.3 Å². The van der Waals surface area contributed by atoms with Crippen LogP contribution in [-0.2, 0) is 0 Å². The zero-order chi connectivity index (χ0) is 15.8. The third-order valence-corrected chi connectivity index (χ3v) is 5.14. The molecule has 0 fully saturated rings. The molecule has 0 aliphatic carbocycles. The van der Waals surface area contributed by atoms with Crippen LogP contribution in [0.2, 0.25) is 0 Å². The Labute approximate surface area is 138 Å². The van der Waals surface area contributed by atoms with Gasteiger partial charge >= 0.3 is 0 Å². The van der Waals surface area contributed by atoms with E-state index in [1.165, 1.54) is 10.1 Å². The predicted octanol–water partition coefficient (Wildman–Crippen LogP) is 4.65. The molecule has 3 aromatic rings. The number of nitrogens with one attached hydrogen (secondary N) is 1. The summed E-state index contributed by atoms with van der Waals surface area (Å²) in [5.74, 6) is 0.0412. The van der Waals surface area contributed by atoms with E-state index in [4.69, 9.17) is 0 Å². The molecule has 1 aliphatic rings. The molecule has 0 saturated heterocycles. The molecular formula is C19H16N2OS. The fraction of sp³-hybridized carbons (Fsp3) is 0.105. The van der Waals surface area contributed by atoms with Crippen molar-refractivity contribution in [3.63, 3.8) is 0 Å². The molecule has 4 heteroatoms. The summed E-state index contributed by atoms with van der Waals surface area (Å²) in [6.07, 6.45) is 1.60. The normalized spacial score (nSPS) is 17.0. The second-order valence-electron chi connectivity index (χ2n) is 5.53. The summed E-state index contributed by atoms with van der Waals surface area (Å²) in [5, 5.41) is 6.85. The number of hydrogen-bond acceptors (Lipinski definition) is 3. The first kappa shape index (κ1) is 14.0. The predicted molar refractivity (Wildman–Crippen MR) is 95.9 cm³/mol. The Morgan fingerprint density at radius 1 is 1.17 bits per heavy atom. The molecule has 114 valence electrons. The summed E-state index contributed by atoms with van der Waals surface area (Å²) in [5.41, 5.74) is 2.73. The Morgan fingerprint density at radius 2 is 1.96 bits per heavy atom. The molecule has 1 atom stereocenters. The molecule has 1 amide bonds. The monoisotopic (exact) mass is 320 g/mol. The smallest absolute Gasteiger partial charge is 0.258 e. The average Bonchev–Trinajstić information content (AvgIpc) is 3.01. The molecule has 1 aliphatic heterocycles. The number of carbonyl (C=O) groups is 1. The van der Waals surface area contributed by atoms with Gasteiger partial charge in [-0.3, -0.25) is 4.79 Å². The fourth-order valence-corrected chi connectivity index (χ4v) is 4.06. The summed E-state index contributed by atoms with van der Waals surface area (Å²) in [4.78, 5) is 14.7. The van der Waals surface area contributed by atoms with Gasteiger partial charge in [-0.25, -0.2) is 0 Å². The van der Waals surface area contributed by atoms with Crippen molar-refractivity contribution in [1.82, 2.24) is 4.90 Å². The van der Waals surface area contributed by atoms with Gasteiger partial charge in [0, 0.05) is 22.5 Å². The summed E-state index contributed by atoms with van der Waals surface area (Å²) in [6, 6.07) is 16.0. The van der Waals surface area contributed by atoms with Crippen molar-refractivity contribution in [1.29, 1.82) is 0 Å². The number of nitrogens with zero attached hydrogens (tertiary/aromatic N) is 1. The van der Waals surface area contributed by atoms with Crippen LogP contribution in [0.4, 0.5) is 5.69 Å². The lowest BCUT2D eigenvalue weighted by Crippen LogP contribution is -2.42. The lowest BCUT2D eigenvalue weighted by Gasteiger charge is -2.37. The van der Waals surface area contributed by atoms with E-state index in [-0.39, 0.29) is 12.1 Å². The average molecular weight is 320 g/mol. The van der Waals surface area contributed by atoms with Gasteiger partial charge in [0.05, 0.1) is 5.56 Å². The minimum absolute atomic E-state index is 0.0412. The van der Waals surface area contributed by atoms with Crippen molar-refractivity contribution in [3.05, 3.63) is 77.7 Å². The second kappa shape index (κ2) is 5.56. The maximum Gasteiger partial charge on any atom is 0.258 e. The maximum atomic E-state index is 12.9. The molecular weight excluding hydrogens is 304 g/mol. The Morgan fingerprint density at radius 3 is 2.83 bits per heavy atom. The van der Waals surface area contributed by atoms with Crippen LogP contribution >= 0.6 is 11.3 Å². The number of rotatable bonds is 3. The number of hydrogen-bond donors (Lipinski definition) is 1. The molecule has 0 radical (unpaired) electrons.